The molecule has 7 nitrogen and oxygen atoms in total. The van der Waals surface area contributed by atoms with Crippen molar-refractivity contribution in [3.8, 4) is 11.5 Å². The van der Waals surface area contributed by atoms with E-state index in [0.717, 1.165) is 12.1 Å². The quantitative estimate of drug-likeness (QED) is 0.410. The van der Waals surface area contributed by atoms with E-state index in [1.165, 1.54) is 51.5 Å². The van der Waals surface area contributed by atoms with E-state index in [1.54, 1.807) is 18.2 Å². The number of halogens is 3. The summed E-state index contributed by atoms with van der Waals surface area (Å²) in [6, 6.07) is 12.6. The van der Waals surface area contributed by atoms with Gasteiger partial charge in [0.2, 0.25) is 5.91 Å². The molecule has 0 aromatic heterocycles. The van der Waals surface area contributed by atoms with Crippen molar-refractivity contribution in [2.24, 2.45) is 0 Å². The first-order valence-corrected chi connectivity index (χ1v) is 12.5. The highest BCUT2D eigenvalue weighted by Gasteiger charge is 2.35. The van der Waals surface area contributed by atoms with Crippen LogP contribution < -0.4 is 19.1 Å². The smallest absolute Gasteiger partial charge is 0.265 e. The van der Waals surface area contributed by atoms with Gasteiger partial charge in [0, 0.05) is 10.0 Å². The minimum absolute atomic E-state index is 0.0246. The van der Waals surface area contributed by atoms with Crippen molar-refractivity contribution in [2.75, 3.05) is 18.5 Å². The zero-order valence-electron chi connectivity index (χ0n) is 19.1. The monoisotopic (exact) mass is 540 g/mol. The van der Waals surface area contributed by atoms with Gasteiger partial charge in [0.25, 0.3) is 10.0 Å². The lowest BCUT2D eigenvalue weighted by Gasteiger charge is -2.30. The van der Waals surface area contributed by atoms with E-state index in [-0.39, 0.29) is 22.2 Å². The third kappa shape index (κ3) is 5.80. The van der Waals surface area contributed by atoms with Crippen molar-refractivity contribution in [3.05, 3.63) is 82.1 Å². The van der Waals surface area contributed by atoms with Crippen LogP contribution in [0.25, 0.3) is 0 Å². The van der Waals surface area contributed by atoms with Crippen molar-refractivity contribution < 1.29 is 27.1 Å². The summed E-state index contributed by atoms with van der Waals surface area (Å²) in [5.74, 6) is -0.597. The van der Waals surface area contributed by atoms with Gasteiger partial charge in [-0.3, -0.25) is 9.10 Å². The fourth-order valence-electron chi connectivity index (χ4n) is 3.45. The summed E-state index contributed by atoms with van der Waals surface area (Å²) in [5.41, 5.74) is 0.184. The van der Waals surface area contributed by atoms with Crippen LogP contribution in [0.3, 0.4) is 0 Å². The van der Waals surface area contributed by atoms with Crippen LogP contribution >= 0.6 is 23.2 Å². The Morgan fingerprint density at radius 3 is 2.14 bits per heavy atom. The number of rotatable bonds is 9. The lowest BCUT2D eigenvalue weighted by atomic mass is 10.1. The maximum absolute atomic E-state index is 14.9. The van der Waals surface area contributed by atoms with E-state index in [4.69, 9.17) is 32.7 Å². The number of methoxy groups -OCH3 is 2. The maximum Gasteiger partial charge on any atom is 0.265 e. The number of hydrogen-bond acceptors (Lipinski definition) is 5. The summed E-state index contributed by atoms with van der Waals surface area (Å²) in [5, 5.41) is 3.10. The number of ether oxygens (including phenoxy) is 2. The van der Waals surface area contributed by atoms with Crippen LogP contribution in [0.2, 0.25) is 10.0 Å². The van der Waals surface area contributed by atoms with Gasteiger partial charge in [-0.1, -0.05) is 29.3 Å². The third-order valence-corrected chi connectivity index (χ3v) is 7.60. The fraction of sp³-hybridized carbons (Fsp3) is 0.208. The lowest BCUT2D eigenvalue weighted by molar-refractivity contribution is -0.122. The molecule has 3 aromatic carbocycles. The molecule has 1 atom stereocenters. The zero-order valence-corrected chi connectivity index (χ0v) is 21.4. The number of carbonyl (C=O) groups excluding carboxylic acids is 1. The number of hydrogen-bond donors (Lipinski definition) is 1. The summed E-state index contributed by atoms with van der Waals surface area (Å²) < 4.78 is 53.4. The molecule has 3 aromatic rings. The predicted octanol–water partition coefficient (Wildman–Crippen LogP) is 5.05. The number of nitrogens with one attached hydrogen (secondary N) is 1. The molecule has 0 aliphatic carbocycles. The Balaban J connectivity index is 2.00. The predicted molar refractivity (Wildman–Crippen MR) is 133 cm³/mol. The molecule has 0 saturated carbocycles. The van der Waals surface area contributed by atoms with Gasteiger partial charge in [-0.05, 0) is 61.5 Å². The second-order valence-corrected chi connectivity index (χ2v) is 10.1. The normalized spacial score (nSPS) is 12.1. The molecule has 0 radical (unpaired) electrons. The average molecular weight is 541 g/mol. The lowest BCUT2D eigenvalue weighted by Crippen LogP contribution is -2.48. The molecule has 186 valence electrons. The van der Waals surface area contributed by atoms with Gasteiger partial charge in [0.1, 0.15) is 23.4 Å². The molecule has 0 saturated heterocycles. The zero-order chi connectivity index (χ0) is 25.8. The highest BCUT2D eigenvalue weighted by molar-refractivity contribution is 7.93. The Bertz CT molecular complexity index is 1300. The first-order valence-electron chi connectivity index (χ1n) is 10.3. The van der Waals surface area contributed by atoms with E-state index in [2.05, 4.69) is 5.32 Å². The molecule has 1 amide bonds. The van der Waals surface area contributed by atoms with E-state index >= 15 is 0 Å². The van der Waals surface area contributed by atoms with Gasteiger partial charge in [0.15, 0.2) is 0 Å². The van der Waals surface area contributed by atoms with E-state index in [0.29, 0.717) is 26.4 Å². The van der Waals surface area contributed by atoms with Gasteiger partial charge in [-0.25, -0.2) is 12.8 Å². The number of anilines is 1. The SMILES string of the molecule is COc1cccc(OC)c1CNC(=O)[C@@H](C)N(c1cc(Cl)ccc1F)S(=O)(=O)c1ccc(Cl)cc1. The molecule has 3 rings (SSSR count). The minimum Gasteiger partial charge on any atom is -0.496 e. The summed E-state index contributed by atoms with van der Waals surface area (Å²) in [4.78, 5) is 13.0. The number of nitrogens with zero attached hydrogens (tertiary/aromatic N) is 1. The minimum atomic E-state index is -4.40. The second-order valence-electron chi connectivity index (χ2n) is 7.39. The second kappa shape index (κ2) is 11.2. The first kappa shape index (κ1) is 26.6. The molecule has 1 N–H and O–H groups in total. The molecule has 0 aliphatic rings. The van der Waals surface area contributed by atoms with Crippen LogP contribution in [0, 0.1) is 5.82 Å². The van der Waals surface area contributed by atoms with Crippen molar-refractivity contribution in [1.29, 1.82) is 0 Å². The Morgan fingerprint density at radius 2 is 1.57 bits per heavy atom. The highest BCUT2D eigenvalue weighted by Crippen LogP contribution is 2.32. The fourth-order valence-corrected chi connectivity index (χ4v) is 5.36. The van der Waals surface area contributed by atoms with E-state index in [9.17, 15) is 17.6 Å². The Labute approximate surface area is 213 Å². The number of sulfonamides is 1. The van der Waals surface area contributed by atoms with E-state index < -0.39 is 27.8 Å². The van der Waals surface area contributed by atoms with E-state index in [1.807, 2.05) is 0 Å². The number of carbonyl (C=O) groups is 1. The van der Waals surface area contributed by atoms with Crippen molar-refractivity contribution in [2.45, 2.75) is 24.4 Å². The average Bonchev–Trinajstić information content (AvgIpc) is 2.84. The third-order valence-electron chi connectivity index (χ3n) is 5.22. The van der Waals surface area contributed by atoms with Crippen molar-refractivity contribution >= 4 is 44.8 Å². The summed E-state index contributed by atoms with van der Waals surface area (Å²) in [6.45, 7) is 1.33. The molecular formula is C24H23Cl2FN2O5S. The summed E-state index contributed by atoms with van der Waals surface area (Å²) in [7, 11) is -1.44. The largest absolute Gasteiger partial charge is 0.496 e. The Kier molecular flexibility index (Phi) is 8.47. The standard InChI is InChI=1S/C24H23Cl2FN2O5S/c1-15(24(30)28-14-19-22(33-2)5-4-6-23(19)34-3)29(21-13-17(26)9-12-20(21)27)35(31,32)18-10-7-16(25)8-11-18/h4-13,15H,14H2,1-3H3,(H,28,30)/t15-/m1/s1. The van der Waals surface area contributed by atoms with Crippen LogP contribution in [-0.2, 0) is 21.4 Å². The molecule has 0 unspecified atom stereocenters. The molecular weight excluding hydrogens is 518 g/mol. The molecule has 0 fully saturated rings. The summed E-state index contributed by atoms with van der Waals surface area (Å²) >= 11 is 11.9. The number of amides is 1. The first-order chi connectivity index (χ1) is 16.6. The van der Waals surface area contributed by atoms with Crippen LogP contribution in [0.1, 0.15) is 12.5 Å². The highest BCUT2D eigenvalue weighted by atomic mass is 35.5. The van der Waals surface area contributed by atoms with Crippen molar-refractivity contribution in [3.63, 3.8) is 0 Å². The van der Waals surface area contributed by atoms with Gasteiger partial charge in [-0.2, -0.15) is 0 Å². The Hall–Kier alpha value is -3.01. The van der Waals surface area contributed by atoms with Crippen LogP contribution in [0.15, 0.2) is 65.6 Å². The molecule has 0 heterocycles. The molecule has 11 heteroatoms. The van der Waals surface area contributed by atoms with Crippen LogP contribution in [-0.4, -0.2) is 34.6 Å². The number of benzene rings is 3. The molecule has 35 heavy (non-hydrogen) atoms. The topological polar surface area (TPSA) is 84.9 Å². The molecule has 0 aliphatic heterocycles. The van der Waals surface area contributed by atoms with Gasteiger partial charge in [-0.15, -0.1) is 0 Å². The maximum atomic E-state index is 14.9. The van der Waals surface area contributed by atoms with Gasteiger partial charge in [0.05, 0.1) is 36.9 Å². The van der Waals surface area contributed by atoms with Crippen molar-refractivity contribution in [1.82, 2.24) is 5.32 Å². The van der Waals surface area contributed by atoms with Crippen LogP contribution in [0.5, 0.6) is 11.5 Å². The van der Waals surface area contributed by atoms with Gasteiger partial charge >= 0.3 is 0 Å². The van der Waals surface area contributed by atoms with Crippen LogP contribution in [0.4, 0.5) is 10.1 Å². The molecule has 0 bridgehead atoms. The Morgan fingerprint density at radius 1 is 1.00 bits per heavy atom. The van der Waals surface area contributed by atoms with Gasteiger partial charge < -0.3 is 14.8 Å². The molecule has 0 spiro atoms. The summed E-state index contributed by atoms with van der Waals surface area (Å²) in [6.07, 6.45) is 0.